The van der Waals surface area contributed by atoms with Crippen LogP contribution in [0.15, 0.2) is 11.1 Å². The van der Waals surface area contributed by atoms with Crippen LogP contribution in [0.5, 0.6) is 0 Å². The summed E-state index contributed by atoms with van der Waals surface area (Å²) < 4.78 is 31.0. The number of aromatic amines is 1. The Kier molecular flexibility index (Phi) is 4.27. The molecule has 0 aliphatic heterocycles. The maximum Gasteiger partial charge on any atom is 0.245 e. The summed E-state index contributed by atoms with van der Waals surface area (Å²) >= 11 is 0. The first-order valence-electron chi connectivity index (χ1n) is 4.87. The van der Waals surface area contributed by atoms with E-state index >= 15 is 0 Å². The first-order valence-corrected chi connectivity index (χ1v) is 6.35. The van der Waals surface area contributed by atoms with Crippen molar-refractivity contribution in [1.82, 2.24) is 14.9 Å². The van der Waals surface area contributed by atoms with Crippen LogP contribution in [0, 0.1) is 0 Å². The van der Waals surface area contributed by atoms with E-state index in [4.69, 9.17) is 10.5 Å². The van der Waals surface area contributed by atoms with Crippen molar-refractivity contribution in [1.29, 1.82) is 0 Å². The molecule has 1 unspecified atom stereocenters. The van der Waals surface area contributed by atoms with Gasteiger partial charge in [0.2, 0.25) is 10.0 Å². The molecule has 1 aromatic rings. The predicted molar refractivity (Wildman–Crippen MR) is 59.3 cm³/mol. The molecule has 0 saturated heterocycles. The number of anilines is 1. The molecule has 4 N–H and O–H groups in total. The number of sulfonamides is 1. The minimum atomic E-state index is -3.61. The lowest BCUT2D eigenvalue weighted by Gasteiger charge is -2.12. The van der Waals surface area contributed by atoms with Gasteiger partial charge in [-0.25, -0.2) is 13.1 Å². The highest BCUT2D eigenvalue weighted by atomic mass is 32.2. The Hall–Kier alpha value is -1.12. The monoisotopic (exact) mass is 248 g/mol. The second-order valence-corrected chi connectivity index (χ2v) is 5.00. The van der Waals surface area contributed by atoms with Crippen molar-refractivity contribution < 1.29 is 13.2 Å². The SMILES string of the molecule is CCOC(C)CNS(=O)(=O)c1cn[nH]c1N. The van der Waals surface area contributed by atoms with Gasteiger partial charge in [-0.05, 0) is 13.8 Å². The smallest absolute Gasteiger partial charge is 0.245 e. The summed E-state index contributed by atoms with van der Waals surface area (Å²) in [5.41, 5.74) is 5.42. The van der Waals surface area contributed by atoms with Crippen LogP contribution in [0.1, 0.15) is 13.8 Å². The molecule has 0 aliphatic carbocycles. The molecule has 92 valence electrons. The maximum absolute atomic E-state index is 11.7. The summed E-state index contributed by atoms with van der Waals surface area (Å²) in [6.45, 7) is 4.36. The van der Waals surface area contributed by atoms with Crippen LogP contribution >= 0.6 is 0 Å². The Morgan fingerprint density at radius 3 is 2.88 bits per heavy atom. The molecule has 0 amide bonds. The second-order valence-electron chi connectivity index (χ2n) is 3.27. The summed E-state index contributed by atoms with van der Waals surface area (Å²) in [5.74, 6) is 0.0246. The number of nitrogens with one attached hydrogen (secondary N) is 2. The largest absolute Gasteiger partial charge is 0.383 e. The molecule has 0 bridgehead atoms. The Morgan fingerprint density at radius 2 is 2.38 bits per heavy atom. The van der Waals surface area contributed by atoms with Crippen LogP contribution in [0.4, 0.5) is 5.82 Å². The summed E-state index contributed by atoms with van der Waals surface area (Å²) in [4.78, 5) is -0.0452. The molecule has 1 rings (SSSR count). The summed E-state index contributed by atoms with van der Waals surface area (Å²) in [7, 11) is -3.61. The number of hydrogen-bond donors (Lipinski definition) is 3. The van der Waals surface area contributed by atoms with Gasteiger partial charge >= 0.3 is 0 Å². The van der Waals surface area contributed by atoms with Crippen molar-refractivity contribution in [3.8, 4) is 0 Å². The molecule has 1 aromatic heterocycles. The normalized spacial score (nSPS) is 13.9. The van der Waals surface area contributed by atoms with E-state index in [9.17, 15) is 8.42 Å². The third-order valence-electron chi connectivity index (χ3n) is 1.93. The zero-order chi connectivity index (χ0) is 12.2. The van der Waals surface area contributed by atoms with Crippen LogP contribution in [0.3, 0.4) is 0 Å². The number of H-pyrrole nitrogens is 1. The average Bonchev–Trinajstić information content (AvgIpc) is 2.63. The minimum absolute atomic E-state index is 0.0246. The fourth-order valence-electron chi connectivity index (χ4n) is 1.15. The minimum Gasteiger partial charge on any atom is -0.383 e. The van der Waals surface area contributed by atoms with Crippen molar-refractivity contribution in [2.24, 2.45) is 0 Å². The third-order valence-corrected chi connectivity index (χ3v) is 3.38. The molecule has 0 saturated carbocycles. The topological polar surface area (TPSA) is 110 Å². The lowest BCUT2D eigenvalue weighted by Crippen LogP contribution is -2.32. The van der Waals surface area contributed by atoms with Crippen LogP contribution in [-0.4, -0.2) is 37.9 Å². The summed E-state index contributed by atoms with van der Waals surface area (Å²) in [6.07, 6.45) is 0.983. The number of hydrogen-bond acceptors (Lipinski definition) is 5. The van der Waals surface area contributed by atoms with Gasteiger partial charge in [0.05, 0.1) is 12.3 Å². The Balaban J connectivity index is 2.63. The van der Waals surface area contributed by atoms with Crippen molar-refractivity contribution >= 4 is 15.8 Å². The first kappa shape index (κ1) is 12.9. The lowest BCUT2D eigenvalue weighted by atomic mass is 10.4. The molecule has 16 heavy (non-hydrogen) atoms. The number of nitrogen functional groups attached to an aromatic ring is 1. The van der Waals surface area contributed by atoms with Gasteiger partial charge in [-0.1, -0.05) is 0 Å². The Bertz CT molecular complexity index is 428. The summed E-state index contributed by atoms with van der Waals surface area (Å²) in [5, 5.41) is 5.92. The van der Waals surface area contributed by atoms with E-state index in [0.717, 1.165) is 0 Å². The van der Waals surface area contributed by atoms with E-state index in [1.165, 1.54) is 6.20 Å². The molecule has 1 atom stereocenters. The maximum atomic E-state index is 11.7. The third kappa shape index (κ3) is 3.19. The van der Waals surface area contributed by atoms with Crippen LogP contribution < -0.4 is 10.5 Å². The van der Waals surface area contributed by atoms with E-state index in [1.54, 1.807) is 6.92 Å². The van der Waals surface area contributed by atoms with E-state index in [2.05, 4.69) is 14.9 Å². The molecule has 0 fully saturated rings. The Morgan fingerprint density at radius 1 is 1.69 bits per heavy atom. The van der Waals surface area contributed by atoms with Gasteiger partial charge in [-0.15, -0.1) is 0 Å². The number of aromatic nitrogens is 2. The number of ether oxygens (including phenoxy) is 1. The molecule has 0 radical (unpaired) electrons. The molecule has 8 heteroatoms. The van der Waals surface area contributed by atoms with Crippen molar-refractivity contribution in [3.63, 3.8) is 0 Å². The molecule has 1 heterocycles. The summed E-state index contributed by atoms with van der Waals surface area (Å²) in [6, 6.07) is 0. The fourth-order valence-corrected chi connectivity index (χ4v) is 2.28. The molecule has 0 aromatic carbocycles. The van der Waals surface area contributed by atoms with Crippen molar-refractivity contribution in [2.75, 3.05) is 18.9 Å². The van der Waals surface area contributed by atoms with E-state index in [0.29, 0.717) is 6.61 Å². The molecule has 0 spiro atoms. The van der Waals surface area contributed by atoms with Crippen LogP contribution in [0.25, 0.3) is 0 Å². The van der Waals surface area contributed by atoms with E-state index in [-0.39, 0.29) is 23.4 Å². The van der Waals surface area contributed by atoms with Crippen LogP contribution in [-0.2, 0) is 14.8 Å². The number of nitrogens with zero attached hydrogens (tertiary/aromatic N) is 1. The quantitative estimate of drug-likeness (QED) is 0.640. The number of rotatable bonds is 6. The van der Waals surface area contributed by atoms with Gasteiger partial charge in [-0.2, -0.15) is 5.10 Å². The van der Waals surface area contributed by atoms with E-state index in [1.807, 2.05) is 6.92 Å². The van der Waals surface area contributed by atoms with Gasteiger partial charge < -0.3 is 10.5 Å². The van der Waals surface area contributed by atoms with Gasteiger partial charge in [0.1, 0.15) is 10.7 Å². The predicted octanol–water partition coefficient (Wildman–Crippen LogP) is -0.305. The van der Waals surface area contributed by atoms with Crippen molar-refractivity contribution in [2.45, 2.75) is 24.8 Å². The highest BCUT2D eigenvalue weighted by molar-refractivity contribution is 7.89. The van der Waals surface area contributed by atoms with Crippen molar-refractivity contribution in [3.05, 3.63) is 6.20 Å². The van der Waals surface area contributed by atoms with Crippen LogP contribution in [0.2, 0.25) is 0 Å². The molecule has 7 nitrogen and oxygen atoms in total. The standard InChI is InChI=1S/C8H16N4O3S/c1-3-15-6(2)4-11-16(13,14)7-5-10-12-8(7)9/h5-6,11H,3-4H2,1-2H3,(H3,9,10,12). The highest BCUT2D eigenvalue weighted by Crippen LogP contribution is 2.13. The van der Waals surface area contributed by atoms with Gasteiger partial charge in [0.25, 0.3) is 0 Å². The number of nitrogens with two attached hydrogens (primary N) is 1. The fraction of sp³-hybridized carbons (Fsp3) is 0.625. The highest BCUT2D eigenvalue weighted by Gasteiger charge is 2.19. The zero-order valence-electron chi connectivity index (χ0n) is 9.23. The first-order chi connectivity index (χ1) is 7.47. The molecular weight excluding hydrogens is 232 g/mol. The lowest BCUT2D eigenvalue weighted by molar-refractivity contribution is 0.0799. The Labute approximate surface area is 94.4 Å². The van der Waals surface area contributed by atoms with E-state index < -0.39 is 10.0 Å². The van der Waals surface area contributed by atoms with Gasteiger partial charge in [0.15, 0.2) is 0 Å². The zero-order valence-corrected chi connectivity index (χ0v) is 10.0. The van der Waals surface area contributed by atoms with Gasteiger partial charge in [0, 0.05) is 13.2 Å². The second kappa shape index (κ2) is 5.28. The molecular formula is C8H16N4O3S. The van der Waals surface area contributed by atoms with Gasteiger partial charge in [-0.3, -0.25) is 5.10 Å². The molecule has 0 aliphatic rings. The average molecular weight is 248 g/mol.